The Labute approximate surface area is 64.4 Å². The van der Waals surface area contributed by atoms with Crippen LogP contribution in [0.2, 0.25) is 0 Å². The van der Waals surface area contributed by atoms with Crippen LogP contribution in [0.5, 0.6) is 0 Å². The van der Waals surface area contributed by atoms with Gasteiger partial charge in [-0.05, 0) is 6.92 Å². The number of hydrogen-bond acceptors (Lipinski definition) is 3. The summed E-state index contributed by atoms with van der Waals surface area (Å²) < 4.78 is 0. The van der Waals surface area contributed by atoms with Crippen LogP contribution in [0.25, 0.3) is 0 Å². The SMILES string of the molecule is CCN(C)C(=O)c1ncn[nH]1. The molecule has 0 aliphatic carbocycles. The Morgan fingerprint density at radius 2 is 2.55 bits per heavy atom. The van der Waals surface area contributed by atoms with Crippen molar-refractivity contribution in [2.75, 3.05) is 13.6 Å². The zero-order valence-corrected chi connectivity index (χ0v) is 6.53. The highest BCUT2D eigenvalue weighted by molar-refractivity contribution is 5.89. The monoisotopic (exact) mass is 154 g/mol. The number of hydrogen-bond donors (Lipinski definition) is 1. The Bertz CT molecular complexity index is 231. The Morgan fingerprint density at radius 3 is 3.00 bits per heavy atom. The number of aromatic nitrogens is 3. The van der Waals surface area contributed by atoms with Crippen LogP contribution in [0, 0.1) is 0 Å². The number of carbonyl (C=O) groups is 1. The molecule has 0 radical (unpaired) electrons. The number of nitrogens with zero attached hydrogens (tertiary/aromatic N) is 3. The van der Waals surface area contributed by atoms with Gasteiger partial charge in [0.1, 0.15) is 6.33 Å². The van der Waals surface area contributed by atoms with Gasteiger partial charge in [0.05, 0.1) is 0 Å². The topological polar surface area (TPSA) is 61.9 Å². The lowest BCUT2D eigenvalue weighted by atomic mass is 10.5. The molecule has 1 heterocycles. The first kappa shape index (κ1) is 7.71. The second kappa shape index (κ2) is 3.14. The fourth-order valence-corrected chi connectivity index (χ4v) is 0.633. The van der Waals surface area contributed by atoms with E-state index in [0.29, 0.717) is 6.54 Å². The minimum atomic E-state index is -0.134. The van der Waals surface area contributed by atoms with Crippen LogP contribution in [-0.2, 0) is 0 Å². The molecular weight excluding hydrogens is 144 g/mol. The normalized spacial score (nSPS) is 9.64. The molecule has 0 unspecified atom stereocenters. The van der Waals surface area contributed by atoms with E-state index in [4.69, 9.17) is 0 Å². The van der Waals surface area contributed by atoms with Gasteiger partial charge in [0.25, 0.3) is 5.91 Å². The van der Waals surface area contributed by atoms with Crippen molar-refractivity contribution in [3.8, 4) is 0 Å². The maximum atomic E-state index is 11.2. The molecule has 60 valence electrons. The fourth-order valence-electron chi connectivity index (χ4n) is 0.633. The minimum absolute atomic E-state index is 0.134. The van der Waals surface area contributed by atoms with Crippen molar-refractivity contribution >= 4 is 5.91 Å². The van der Waals surface area contributed by atoms with Crippen LogP contribution in [0.15, 0.2) is 6.33 Å². The Hall–Kier alpha value is -1.39. The molecule has 0 spiro atoms. The van der Waals surface area contributed by atoms with E-state index in [1.807, 2.05) is 6.92 Å². The molecule has 0 saturated carbocycles. The number of H-pyrrole nitrogens is 1. The quantitative estimate of drug-likeness (QED) is 0.646. The third-order valence-corrected chi connectivity index (χ3v) is 1.44. The first-order valence-electron chi connectivity index (χ1n) is 3.36. The van der Waals surface area contributed by atoms with E-state index in [9.17, 15) is 4.79 Å². The van der Waals surface area contributed by atoms with E-state index >= 15 is 0 Å². The lowest BCUT2D eigenvalue weighted by molar-refractivity contribution is 0.0791. The summed E-state index contributed by atoms with van der Waals surface area (Å²) >= 11 is 0. The number of rotatable bonds is 2. The molecule has 0 saturated heterocycles. The molecule has 0 atom stereocenters. The van der Waals surface area contributed by atoms with Crippen LogP contribution in [0.4, 0.5) is 0 Å². The Kier molecular flexibility index (Phi) is 2.20. The molecule has 1 rings (SSSR count). The predicted octanol–water partition coefficient (Wildman–Crippen LogP) is -0.103. The van der Waals surface area contributed by atoms with Crippen molar-refractivity contribution in [1.29, 1.82) is 0 Å². The largest absolute Gasteiger partial charge is 0.339 e. The molecule has 5 heteroatoms. The molecule has 0 bridgehead atoms. The summed E-state index contributed by atoms with van der Waals surface area (Å²) in [6.07, 6.45) is 1.32. The number of nitrogens with one attached hydrogen (secondary N) is 1. The highest BCUT2D eigenvalue weighted by Crippen LogP contribution is 1.92. The first-order valence-corrected chi connectivity index (χ1v) is 3.36. The van der Waals surface area contributed by atoms with Gasteiger partial charge in [-0.3, -0.25) is 9.89 Å². The summed E-state index contributed by atoms with van der Waals surface area (Å²) in [5.41, 5.74) is 0. The van der Waals surface area contributed by atoms with Crippen LogP contribution in [0.3, 0.4) is 0 Å². The Morgan fingerprint density at radius 1 is 1.82 bits per heavy atom. The summed E-state index contributed by atoms with van der Waals surface area (Å²) in [4.78, 5) is 16.5. The van der Waals surface area contributed by atoms with Crippen LogP contribution in [-0.4, -0.2) is 39.6 Å². The molecular formula is C6H10N4O. The lowest BCUT2D eigenvalue weighted by Crippen LogP contribution is -2.27. The standard InChI is InChI=1S/C6H10N4O/c1-3-10(2)6(11)5-7-4-8-9-5/h4H,3H2,1-2H3,(H,7,8,9). The number of amides is 1. The van der Waals surface area contributed by atoms with Gasteiger partial charge in [-0.15, -0.1) is 0 Å². The highest BCUT2D eigenvalue weighted by atomic mass is 16.2. The van der Waals surface area contributed by atoms with Gasteiger partial charge in [-0.25, -0.2) is 4.98 Å². The van der Waals surface area contributed by atoms with Crippen molar-refractivity contribution in [3.05, 3.63) is 12.2 Å². The van der Waals surface area contributed by atoms with Gasteiger partial charge >= 0.3 is 0 Å². The summed E-state index contributed by atoms with van der Waals surface area (Å²) in [5.74, 6) is 0.152. The second-order valence-electron chi connectivity index (χ2n) is 2.15. The summed E-state index contributed by atoms with van der Waals surface area (Å²) in [6.45, 7) is 2.56. The van der Waals surface area contributed by atoms with Gasteiger partial charge in [0, 0.05) is 13.6 Å². The third-order valence-electron chi connectivity index (χ3n) is 1.44. The van der Waals surface area contributed by atoms with Crippen LogP contribution < -0.4 is 0 Å². The fraction of sp³-hybridized carbons (Fsp3) is 0.500. The van der Waals surface area contributed by atoms with Gasteiger partial charge in [-0.2, -0.15) is 5.10 Å². The average Bonchev–Trinajstić information content (AvgIpc) is 2.53. The molecule has 0 fully saturated rings. The van der Waals surface area contributed by atoms with Gasteiger partial charge in [0.2, 0.25) is 5.82 Å². The Balaban J connectivity index is 2.70. The van der Waals surface area contributed by atoms with E-state index < -0.39 is 0 Å². The minimum Gasteiger partial charge on any atom is -0.339 e. The highest BCUT2D eigenvalue weighted by Gasteiger charge is 2.11. The summed E-state index contributed by atoms with van der Waals surface area (Å²) in [6, 6.07) is 0. The van der Waals surface area contributed by atoms with E-state index in [-0.39, 0.29) is 11.7 Å². The number of carbonyl (C=O) groups excluding carboxylic acids is 1. The van der Waals surface area contributed by atoms with E-state index in [2.05, 4.69) is 15.2 Å². The van der Waals surface area contributed by atoms with Crippen LogP contribution >= 0.6 is 0 Å². The maximum absolute atomic E-state index is 11.2. The molecule has 0 aliphatic rings. The van der Waals surface area contributed by atoms with Gasteiger partial charge in [-0.1, -0.05) is 0 Å². The lowest BCUT2D eigenvalue weighted by Gasteiger charge is -2.11. The molecule has 5 nitrogen and oxygen atoms in total. The van der Waals surface area contributed by atoms with Gasteiger partial charge in [0.15, 0.2) is 0 Å². The van der Waals surface area contributed by atoms with Crippen molar-refractivity contribution in [2.24, 2.45) is 0 Å². The molecule has 11 heavy (non-hydrogen) atoms. The van der Waals surface area contributed by atoms with Crippen molar-refractivity contribution in [1.82, 2.24) is 20.1 Å². The van der Waals surface area contributed by atoms with Crippen molar-refractivity contribution in [2.45, 2.75) is 6.92 Å². The first-order chi connectivity index (χ1) is 5.25. The number of aromatic amines is 1. The predicted molar refractivity (Wildman–Crippen MR) is 39.0 cm³/mol. The van der Waals surface area contributed by atoms with E-state index in [1.54, 1.807) is 11.9 Å². The smallest absolute Gasteiger partial charge is 0.290 e. The van der Waals surface area contributed by atoms with E-state index in [1.165, 1.54) is 6.33 Å². The third kappa shape index (κ3) is 1.54. The molecule has 0 aliphatic heterocycles. The summed E-state index contributed by atoms with van der Waals surface area (Å²) in [7, 11) is 1.71. The second-order valence-corrected chi connectivity index (χ2v) is 2.15. The molecule has 1 N–H and O–H groups in total. The van der Waals surface area contributed by atoms with Crippen molar-refractivity contribution in [3.63, 3.8) is 0 Å². The molecule has 1 aromatic rings. The molecule has 1 amide bonds. The zero-order valence-electron chi connectivity index (χ0n) is 6.53. The van der Waals surface area contributed by atoms with Crippen molar-refractivity contribution < 1.29 is 4.79 Å². The average molecular weight is 154 g/mol. The summed E-state index contributed by atoms with van der Waals surface area (Å²) in [5, 5.41) is 6.08. The molecule has 1 aromatic heterocycles. The van der Waals surface area contributed by atoms with Crippen LogP contribution in [0.1, 0.15) is 17.5 Å². The zero-order chi connectivity index (χ0) is 8.27. The van der Waals surface area contributed by atoms with E-state index in [0.717, 1.165) is 0 Å². The van der Waals surface area contributed by atoms with Gasteiger partial charge < -0.3 is 4.90 Å². The molecule has 0 aromatic carbocycles. The maximum Gasteiger partial charge on any atom is 0.290 e.